The highest BCUT2D eigenvalue weighted by atomic mass is 16.3. The molecule has 0 aromatic heterocycles. The summed E-state index contributed by atoms with van der Waals surface area (Å²) in [6, 6.07) is 0. The van der Waals surface area contributed by atoms with Gasteiger partial charge in [-0.05, 0) is 18.8 Å². The van der Waals surface area contributed by atoms with Crippen molar-refractivity contribution in [1.29, 1.82) is 0 Å². The summed E-state index contributed by atoms with van der Waals surface area (Å²) in [6.45, 7) is 0.361. The molecule has 1 rings (SSSR count). The van der Waals surface area contributed by atoms with E-state index in [4.69, 9.17) is 5.11 Å². The molecule has 0 unspecified atom stereocenters. The molecule has 1 radical (unpaired) electrons. The van der Waals surface area contributed by atoms with Gasteiger partial charge >= 0.3 is 0 Å². The molecule has 1 aliphatic carbocycles. The minimum absolute atomic E-state index is 0.361. The van der Waals surface area contributed by atoms with Crippen LogP contribution in [0.5, 0.6) is 0 Å². The Morgan fingerprint density at radius 2 is 2.60 bits per heavy atom. The quantitative estimate of drug-likeness (QED) is 0.468. The third kappa shape index (κ3) is 0.618. The van der Waals surface area contributed by atoms with Crippen LogP contribution >= 0.6 is 0 Å². The molecular formula is C4H7O. The molecule has 0 aromatic carbocycles. The molecule has 1 fully saturated rings. The lowest BCUT2D eigenvalue weighted by atomic mass is 10.5. The van der Waals surface area contributed by atoms with E-state index in [0.29, 0.717) is 12.5 Å². The second kappa shape index (κ2) is 0.977. The van der Waals surface area contributed by atoms with Crippen LogP contribution in [-0.2, 0) is 0 Å². The number of hydrogen-bond acceptors (Lipinski definition) is 1. The van der Waals surface area contributed by atoms with Crippen LogP contribution in [0.4, 0.5) is 0 Å². The molecule has 0 bridgehead atoms. The van der Waals surface area contributed by atoms with Gasteiger partial charge in [0, 0.05) is 6.61 Å². The third-order valence-corrected chi connectivity index (χ3v) is 0.804. The summed E-state index contributed by atoms with van der Waals surface area (Å²) in [7, 11) is 0. The Balaban J connectivity index is 2.00. The maximum Gasteiger partial charge on any atom is 0.0462 e. The zero-order chi connectivity index (χ0) is 3.70. The van der Waals surface area contributed by atoms with Crippen molar-refractivity contribution in [2.75, 3.05) is 6.61 Å². The Morgan fingerprint density at radius 1 is 2.00 bits per heavy atom. The molecule has 0 heterocycles. The Bertz CT molecular complexity index is 30.6. The van der Waals surface area contributed by atoms with Crippen LogP contribution in [0.2, 0.25) is 0 Å². The molecular weight excluding hydrogens is 64.0 g/mol. The van der Waals surface area contributed by atoms with Crippen LogP contribution in [-0.4, -0.2) is 11.7 Å². The summed E-state index contributed by atoms with van der Waals surface area (Å²) in [5.41, 5.74) is 0. The summed E-state index contributed by atoms with van der Waals surface area (Å²) in [5, 5.41) is 8.17. The van der Waals surface area contributed by atoms with Crippen LogP contribution in [0, 0.1) is 12.3 Å². The fraction of sp³-hybridized carbons (Fsp3) is 0.750. The Morgan fingerprint density at radius 3 is 2.60 bits per heavy atom. The van der Waals surface area contributed by atoms with Gasteiger partial charge < -0.3 is 5.11 Å². The molecule has 5 heavy (non-hydrogen) atoms. The van der Waals surface area contributed by atoms with Crippen LogP contribution in [0.1, 0.15) is 6.42 Å². The van der Waals surface area contributed by atoms with Crippen LogP contribution in [0.15, 0.2) is 0 Å². The first-order chi connectivity index (χ1) is 2.43. The lowest BCUT2D eigenvalue weighted by Crippen LogP contribution is -1.78. The molecule has 1 nitrogen and oxygen atoms in total. The molecule has 1 aliphatic rings. The first-order valence-electron chi connectivity index (χ1n) is 1.87. The SMILES string of the molecule is OC[C@H]1[CH]C1. The van der Waals surface area contributed by atoms with Gasteiger partial charge in [0.1, 0.15) is 0 Å². The lowest BCUT2D eigenvalue weighted by Gasteiger charge is -1.73. The molecule has 0 saturated heterocycles. The summed E-state index contributed by atoms with van der Waals surface area (Å²) >= 11 is 0. The van der Waals surface area contributed by atoms with Crippen molar-refractivity contribution in [2.45, 2.75) is 6.42 Å². The predicted molar refractivity (Wildman–Crippen MR) is 19.5 cm³/mol. The van der Waals surface area contributed by atoms with E-state index in [1.54, 1.807) is 0 Å². The van der Waals surface area contributed by atoms with Crippen molar-refractivity contribution in [1.82, 2.24) is 0 Å². The van der Waals surface area contributed by atoms with Crippen molar-refractivity contribution in [3.8, 4) is 0 Å². The lowest BCUT2D eigenvalue weighted by molar-refractivity contribution is 0.281. The fourth-order valence-electron chi connectivity index (χ4n) is 0.245. The smallest absolute Gasteiger partial charge is 0.0462 e. The van der Waals surface area contributed by atoms with Crippen LogP contribution in [0.25, 0.3) is 0 Å². The topological polar surface area (TPSA) is 20.2 Å². The number of rotatable bonds is 1. The molecule has 0 spiro atoms. The molecule has 1 saturated carbocycles. The van der Waals surface area contributed by atoms with Gasteiger partial charge in [0.05, 0.1) is 0 Å². The van der Waals surface area contributed by atoms with Gasteiger partial charge in [-0.15, -0.1) is 0 Å². The van der Waals surface area contributed by atoms with E-state index < -0.39 is 0 Å². The summed E-state index contributed by atoms with van der Waals surface area (Å²) in [4.78, 5) is 0. The highest BCUT2D eigenvalue weighted by molar-refractivity contribution is 4.93. The van der Waals surface area contributed by atoms with Gasteiger partial charge in [0.25, 0.3) is 0 Å². The fourth-order valence-corrected chi connectivity index (χ4v) is 0.245. The predicted octanol–water partition coefficient (Wildman–Crippen LogP) is 0.203. The van der Waals surface area contributed by atoms with E-state index in [1.807, 2.05) is 0 Å². The minimum Gasteiger partial charge on any atom is -0.396 e. The van der Waals surface area contributed by atoms with Gasteiger partial charge in [-0.25, -0.2) is 0 Å². The average Bonchev–Trinajstić information content (AvgIpc) is 2.12. The number of hydrogen-bond donors (Lipinski definition) is 1. The van der Waals surface area contributed by atoms with E-state index in [2.05, 4.69) is 6.42 Å². The van der Waals surface area contributed by atoms with E-state index in [0.717, 1.165) is 6.42 Å². The largest absolute Gasteiger partial charge is 0.396 e. The van der Waals surface area contributed by atoms with Crippen molar-refractivity contribution >= 4 is 0 Å². The second-order valence-electron chi connectivity index (χ2n) is 1.41. The molecule has 0 aliphatic heterocycles. The van der Waals surface area contributed by atoms with Gasteiger partial charge in [0.15, 0.2) is 0 Å². The Hall–Kier alpha value is -0.0400. The van der Waals surface area contributed by atoms with Crippen molar-refractivity contribution in [2.24, 2.45) is 5.92 Å². The van der Waals surface area contributed by atoms with Crippen molar-refractivity contribution in [3.05, 3.63) is 6.42 Å². The highest BCUT2D eigenvalue weighted by Gasteiger charge is 2.19. The third-order valence-electron chi connectivity index (χ3n) is 0.804. The minimum atomic E-state index is 0.361. The average molecular weight is 71.1 g/mol. The maximum atomic E-state index is 8.17. The molecule has 0 aromatic rings. The van der Waals surface area contributed by atoms with Gasteiger partial charge in [-0.2, -0.15) is 0 Å². The molecule has 1 N–H and O–H groups in total. The van der Waals surface area contributed by atoms with Crippen molar-refractivity contribution < 1.29 is 5.11 Å². The first kappa shape index (κ1) is 3.16. The normalized spacial score (nSPS) is 23.4. The van der Waals surface area contributed by atoms with E-state index >= 15 is 0 Å². The second-order valence-corrected chi connectivity index (χ2v) is 1.41. The summed E-state index contributed by atoms with van der Waals surface area (Å²) in [6.07, 6.45) is 3.23. The van der Waals surface area contributed by atoms with Crippen molar-refractivity contribution in [3.63, 3.8) is 0 Å². The van der Waals surface area contributed by atoms with E-state index in [-0.39, 0.29) is 0 Å². The standard InChI is InChI=1S/C4H7O/c5-3-4-1-2-4/h1,4-5H,2-3H2/t4-/m0/s1. The highest BCUT2D eigenvalue weighted by Crippen LogP contribution is 2.25. The van der Waals surface area contributed by atoms with Gasteiger partial charge in [-0.3, -0.25) is 0 Å². The monoisotopic (exact) mass is 71.0 g/mol. The molecule has 1 heteroatoms. The molecule has 1 atom stereocenters. The first-order valence-corrected chi connectivity index (χ1v) is 1.87. The van der Waals surface area contributed by atoms with Gasteiger partial charge in [-0.1, -0.05) is 0 Å². The van der Waals surface area contributed by atoms with Gasteiger partial charge in [0.2, 0.25) is 0 Å². The van der Waals surface area contributed by atoms with E-state index in [9.17, 15) is 0 Å². The number of aliphatic hydroxyl groups is 1. The van der Waals surface area contributed by atoms with Crippen LogP contribution in [0.3, 0.4) is 0 Å². The summed E-state index contributed by atoms with van der Waals surface area (Å²) < 4.78 is 0. The maximum absolute atomic E-state index is 8.17. The molecule has 29 valence electrons. The Labute approximate surface area is 31.6 Å². The molecule has 0 amide bonds. The zero-order valence-electron chi connectivity index (χ0n) is 3.02. The number of aliphatic hydroxyl groups excluding tert-OH is 1. The Kier molecular flexibility index (Phi) is 0.618. The zero-order valence-corrected chi connectivity index (χ0v) is 3.02. The van der Waals surface area contributed by atoms with E-state index in [1.165, 1.54) is 0 Å². The summed E-state index contributed by atoms with van der Waals surface area (Å²) in [5.74, 6) is 0.565. The van der Waals surface area contributed by atoms with Crippen LogP contribution < -0.4 is 0 Å².